The fourth-order valence-corrected chi connectivity index (χ4v) is 2.15. The lowest BCUT2D eigenvalue weighted by Gasteiger charge is -2.09. The minimum Gasteiger partial charge on any atom is -0.397 e. The molecule has 0 unspecified atom stereocenters. The fourth-order valence-electron chi connectivity index (χ4n) is 2.15. The van der Waals surface area contributed by atoms with Crippen molar-refractivity contribution in [3.8, 4) is 0 Å². The highest BCUT2D eigenvalue weighted by Crippen LogP contribution is 2.18. The maximum Gasteiger partial charge on any atom is 0.255 e. The van der Waals surface area contributed by atoms with Crippen LogP contribution in [0.2, 0.25) is 0 Å². The summed E-state index contributed by atoms with van der Waals surface area (Å²) >= 11 is 0. The van der Waals surface area contributed by atoms with Crippen LogP contribution in [0.25, 0.3) is 0 Å². The first-order valence-electron chi connectivity index (χ1n) is 8.48. The maximum atomic E-state index is 12.3. The van der Waals surface area contributed by atoms with Crippen molar-refractivity contribution >= 4 is 23.2 Å². The van der Waals surface area contributed by atoms with E-state index in [2.05, 4.69) is 20.6 Å². The summed E-state index contributed by atoms with van der Waals surface area (Å²) in [6.45, 7) is 4.58. The number of aromatic nitrogens is 2. The molecule has 0 saturated carbocycles. The number of nitrogen functional groups attached to an aromatic ring is 1. The molecule has 1 heterocycles. The molecular weight excluding hydrogens is 326 g/mol. The Morgan fingerprint density at radius 2 is 1.62 bits per heavy atom. The molecule has 6 nitrogen and oxygen atoms in total. The lowest BCUT2D eigenvalue weighted by Crippen LogP contribution is -2.13. The standard InChI is InChI=1S/C18H17N5O.C2H6/c19-15-4-1-2-5-16(15)23-17(24)14-8-6-13(7-9-14)12-22-18-20-10-3-11-21-18;1-2/h1-11H,12,19H2,(H,23,24)(H,20,21,22);1-2H3. The van der Waals surface area contributed by atoms with Gasteiger partial charge in [0.1, 0.15) is 0 Å². The molecular formula is C20H23N5O. The number of hydrogen-bond acceptors (Lipinski definition) is 5. The van der Waals surface area contributed by atoms with Gasteiger partial charge >= 0.3 is 0 Å². The number of anilines is 3. The molecule has 6 heteroatoms. The number of carbonyl (C=O) groups is 1. The summed E-state index contributed by atoms with van der Waals surface area (Å²) in [5.41, 5.74) is 8.57. The zero-order valence-electron chi connectivity index (χ0n) is 14.9. The summed E-state index contributed by atoms with van der Waals surface area (Å²) in [5, 5.41) is 5.92. The van der Waals surface area contributed by atoms with Crippen LogP contribution in [0.4, 0.5) is 17.3 Å². The van der Waals surface area contributed by atoms with E-state index in [9.17, 15) is 4.79 Å². The Kier molecular flexibility index (Phi) is 7.12. The van der Waals surface area contributed by atoms with Crippen molar-refractivity contribution in [3.05, 3.63) is 78.1 Å². The number of nitrogens with one attached hydrogen (secondary N) is 2. The zero-order chi connectivity index (χ0) is 18.8. The average molecular weight is 349 g/mol. The van der Waals surface area contributed by atoms with Gasteiger partial charge in [-0.25, -0.2) is 9.97 Å². The van der Waals surface area contributed by atoms with Crippen molar-refractivity contribution in [1.29, 1.82) is 0 Å². The summed E-state index contributed by atoms with van der Waals surface area (Å²) in [6.07, 6.45) is 3.36. The molecule has 0 aliphatic heterocycles. The van der Waals surface area contributed by atoms with Crippen molar-refractivity contribution < 1.29 is 4.79 Å². The number of benzene rings is 2. The monoisotopic (exact) mass is 349 g/mol. The molecule has 134 valence electrons. The Morgan fingerprint density at radius 1 is 0.962 bits per heavy atom. The first-order valence-corrected chi connectivity index (χ1v) is 8.48. The van der Waals surface area contributed by atoms with Gasteiger partial charge in [-0.3, -0.25) is 4.79 Å². The predicted molar refractivity (Wildman–Crippen MR) is 106 cm³/mol. The Balaban J connectivity index is 0.00000117. The van der Waals surface area contributed by atoms with Gasteiger partial charge in [0.15, 0.2) is 0 Å². The van der Waals surface area contributed by atoms with Gasteiger partial charge in [0.05, 0.1) is 11.4 Å². The molecule has 1 amide bonds. The molecule has 3 aromatic rings. The van der Waals surface area contributed by atoms with Crippen LogP contribution in [0.3, 0.4) is 0 Å². The summed E-state index contributed by atoms with van der Waals surface area (Å²) < 4.78 is 0. The van der Waals surface area contributed by atoms with Crippen LogP contribution in [0.5, 0.6) is 0 Å². The van der Waals surface area contributed by atoms with Gasteiger partial charge in [0.25, 0.3) is 5.91 Å². The fraction of sp³-hybridized carbons (Fsp3) is 0.150. The molecule has 0 atom stereocenters. The molecule has 2 aromatic carbocycles. The van der Waals surface area contributed by atoms with Crippen molar-refractivity contribution in [2.75, 3.05) is 16.4 Å². The second-order valence-electron chi connectivity index (χ2n) is 5.16. The van der Waals surface area contributed by atoms with Gasteiger partial charge < -0.3 is 16.4 Å². The normalized spacial score (nSPS) is 9.62. The van der Waals surface area contributed by atoms with Crippen LogP contribution in [-0.4, -0.2) is 15.9 Å². The molecule has 0 spiro atoms. The third-order valence-electron chi connectivity index (χ3n) is 3.44. The quantitative estimate of drug-likeness (QED) is 0.607. The molecule has 0 fully saturated rings. The SMILES string of the molecule is CC.Nc1ccccc1NC(=O)c1ccc(CNc2ncccn2)cc1. The van der Waals surface area contributed by atoms with E-state index in [1.165, 1.54) is 0 Å². The van der Waals surface area contributed by atoms with Gasteiger partial charge in [-0.05, 0) is 35.9 Å². The topological polar surface area (TPSA) is 92.9 Å². The van der Waals surface area contributed by atoms with E-state index in [1.807, 2.05) is 38.1 Å². The first-order chi connectivity index (χ1) is 12.7. The van der Waals surface area contributed by atoms with E-state index >= 15 is 0 Å². The maximum absolute atomic E-state index is 12.3. The van der Waals surface area contributed by atoms with Crippen molar-refractivity contribution in [2.24, 2.45) is 0 Å². The minimum atomic E-state index is -0.196. The molecule has 0 radical (unpaired) electrons. The van der Waals surface area contributed by atoms with Crippen LogP contribution in [-0.2, 0) is 6.54 Å². The zero-order valence-corrected chi connectivity index (χ0v) is 14.9. The van der Waals surface area contributed by atoms with E-state index in [1.54, 1.807) is 42.7 Å². The van der Waals surface area contributed by atoms with Crippen LogP contribution in [0, 0.1) is 0 Å². The average Bonchev–Trinajstić information content (AvgIpc) is 2.71. The van der Waals surface area contributed by atoms with Crippen LogP contribution in [0.15, 0.2) is 67.0 Å². The molecule has 4 N–H and O–H groups in total. The van der Waals surface area contributed by atoms with Crippen LogP contribution in [0.1, 0.15) is 29.8 Å². The molecule has 3 rings (SSSR count). The van der Waals surface area contributed by atoms with E-state index in [0.717, 1.165) is 5.56 Å². The number of para-hydroxylation sites is 2. The molecule has 0 aliphatic carbocycles. The van der Waals surface area contributed by atoms with Gasteiger partial charge in [-0.1, -0.05) is 38.1 Å². The van der Waals surface area contributed by atoms with Crippen LogP contribution < -0.4 is 16.4 Å². The molecule has 0 saturated heterocycles. The summed E-state index contributed by atoms with van der Waals surface area (Å²) in [7, 11) is 0. The predicted octanol–water partition coefficient (Wildman–Crippen LogP) is 3.95. The largest absolute Gasteiger partial charge is 0.397 e. The number of rotatable bonds is 5. The van der Waals surface area contributed by atoms with Gasteiger partial charge in [-0.2, -0.15) is 0 Å². The van der Waals surface area contributed by atoms with Gasteiger partial charge in [0.2, 0.25) is 5.95 Å². The minimum absolute atomic E-state index is 0.196. The van der Waals surface area contributed by atoms with E-state index in [0.29, 0.717) is 29.4 Å². The lowest BCUT2D eigenvalue weighted by atomic mass is 10.1. The first kappa shape index (κ1) is 18.9. The van der Waals surface area contributed by atoms with Gasteiger partial charge in [-0.15, -0.1) is 0 Å². The number of hydrogen-bond donors (Lipinski definition) is 3. The van der Waals surface area contributed by atoms with E-state index in [4.69, 9.17) is 5.73 Å². The summed E-state index contributed by atoms with van der Waals surface area (Å²) in [5.74, 6) is 0.373. The molecule has 0 aliphatic rings. The van der Waals surface area contributed by atoms with E-state index in [-0.39, 0.29) is 5.91 Å². The lowest BCUT2D eigenvalue weighted by molar-refractivity contribution is 0.102. The highest BCUT2D eigenvalue weighted by Gasteiger charge is 2.07. The number of amides is 1. The number of nitrogens with zero attached hydrogens (tertiary/aromatic N) is 2. The molecule has 0 bridgehead atoms. The Morgan fingerprint density at radius 3 is 2.27 bits per heavy atom. The Bertz CT molecular complexity index is 819. The highest BCUT2D eigenvalue weighted by atomic mass is 16.1. The van der Waals surface area contributed by atoms with Crippen LogP contribution >= 0.6 is 0 Å². The smallest absolute Gasteiger partial charge is 0.255 e. The second-order valence-corrected chi connectivity index (χ2v) is 5.16. The summed E-state index contributed by atoms with van der Waals surface area (Å²) in [4.78, 5) is 20.4. The van der Waals surface area contributed by atoms with Gasteiger partial charge in [0, 0.05) is 24.5 Å². The third-order valence-corrected chi connectivity index (χ3v) is 3.44. The van der Waals surface area contributed by atoms with E-state index < -0.39 is 0 Å². The van der Waals surface area contributed by atoms with Crippen molar-refractivity contribution in [1.82, 2.24) is 9.97 Å². The Hall–Kier alpha value is -3.41. The second kappa shape index (κ2) is 9.78. The number of carbonyl (C=O) groups excluding carboxylic acids is 1. The Labute approximate surface area is 153 Å². The number of nitrogens with two attached hydrogens (primary N) is 1. The summed E-state index contributed by atoms with van der Waals surface area (Å²) in [6, 6.07) is 16.3. The molecule has 26 heavy (non-hydrogen) atoms. The molecule has 1 aromatic heterocycles. The van der Waals surface area contributed by atoms with Crippen molar-refractivity contribution in [3.63, 3.8) is 0 Å². The highest BCUT2D eigenvalue weighted by molar-refractivity contribution is 6.05. The van der Waals surface area contributed by atoms with Crippen molar-refractivity contribution in [2.45, 2.75) is 20.4 Å². The third kappa shape index (κ3) is 5.31.